The highest BCUT2D eigenvalue weighted by Crippen LogP contribution is 2.17. The van der Waals surface area contributed by atoms with Gasteiger partial charge in [-0.1, -0.05) is 26.0 Å². The van der Waals surface area contributed by atoms with Crippen molar-refractivity contribution in [2.75, 3.05) is 6.54 Å². The molecule has 0 aliphatic rings. The van der Waals surface area contributed by atoms with Gasteiger partial charge in [-0.15, -0.1) is 0 Å². The second-order valence-corrected chi connectivity index (χ2v) is 5.57. The van der Waals surface area contributed by atoms with Crippen LogP contribution in [0.4, 0.5) is 4.39 Å². The summed E-state index contributed by atoms with van der Waals surface area (Å²) >= 11 is 0. The number of halogens is 1. The predicted molar refractivity (Wildman–Crippen MR) is 81.5 cm³/mol. The molecule has 2 aromatic rings. The molecule has 112 valence electrons. The lowest BCUT2D eigenvalue weighted by Gasteiger charge is -2.08. The number of rotatable bonds is 5. The first-order chi connectivity index (χ1) is 9.95. The number of benzene rings is 1. The molecule has 1 aromatic carbocycles. The standard InChI is InChI=1S/C16H20FN3O/c1-10(2)8-18-9-13-7-15(21)20-16(19-13)12-5-4-11(3)14(17)6-12/h4-7,10,18H,8-9H2,1-3H3,(H,19,20,21). The van der Waals surface area contributed by atoms with Crippen molar-refractivity contribution in [1.82, 2.24) is 15.3 Å². The smallest absolute Gasteiger partial charge is 0.251 e. The van der Waals surface area contributed by atoms with Crippen LogP contribution in [0.25, 0.3) is 11.4 Å². The van der Waals surface area contributed by atoms with E-state index < -0.39 is 0 Å². The first kappa shape index (κ1) is 15.4. The van der Waals surface area contributed by atoms with Crippen molar-refractivity contribution >= 4 is 0 Å². The highest BCUT2D eigenvalue weighted by atomic mass is 19.1. The van der Waals surface area contributed by atoms with E-state index in [4.69, 9.17) is 0 Å². The lowest BCUT2D eigenvalue weighted by atomic mass is 10.1. The van der Waals surface area contributed by atoms with Gasteiger partial charge in [-0.05, 0) is 31.0 Å². The normalized spacial score (nSPS) is 11.1. The number of aromatic amines is 1. The summed E-state index contributed by atoms with van der Waals surface area (Å²) < 4.78 is 13.6. The Hall–Kier alpha value is -2.01. The van der Waals surface area contributed by atoms with E-state index >= 15 is 0 Å². The largest absolute Gasteiger partial charge is 0.311 e. The number of aromatic nitrogens is 2. The van der Waals surface area contributed by atoms with Crippen LogP contribution in [-0.2, 0) is 6.54 Å². The van der Waals surface area contributed by atoms with Crippen LogP contribution in [0, 0.1) is 18.7 Å². The molecule has 0 aliphatic carbocycles. The monoisotopic (exact) mass is 289 g/mol. The Balaban J connectivity index is 2.25. The van der Waals surface area contributed by atoms with Crippen LogP contribution in [0.5, 0.6) is 0 Å². The third-order valence-electron chi connectivity index (χ3n) is 3.10. The molecular formula is C16H20FN3O. The molecule has 0 unspecified atom stereocenters. The van der Waals surface area contributed by atoms with Gasteiger partial charge < -0.3 is 10.3 Å². The maximum atomic E-state index is 13.6. The molecule has 2 N–H and O–H groups in total. The number of hydrogen-bond donors (Lipinski definition) is 2. The third kappa shape index (κ3) is 4.23. The first-order valence-corrected chi connectivity index (χ1v) is 7.03. The number of aryl methyl sites for hydroxylation is 1. The summed E-state index contributed by atoms with van der Waals surface area (Å²) in [5.74, 6) is 0.610. The summed E-state index contributed by atoms with van der Waals surface area (Å²) in [7, 11) is 0. The van der Waals surface area contributed by atoms with Crippen molar-refractivity contribution in [2.45, 2.75) is 27.3 Å². The topological polar surface area (TPSA) is 57.8 Å². The molecule has 0 fully saturated rings. The first-order valence-electron chi connectivity index (χ1n) is 7.03. The molecular weight excluding hydrogens is 269 g/mol. The molecule has 21 heavy (non-hydrogen) atoms. The fourth-order valence-corrected chi connectivity index (χ4v) is 1.96. The van der Waals surface area contributed by atoms with Crippen LogP contribution < -0.4 is 10.9 Å². The SMILES string of the molecule is Cc1ccc(-c2nc(CNCC(C)C)cc(=O)[nH]2)cc1F. The second-order valence-electron chi connectivity index (χ2n) is 5.57. The van der Waals surface area contributed by atoms with Crippen LogP contribution in [0.2, 0.25) is 0 Å². The molecule has 4 nitrogen and oxygen atoms in total. The molecule has 0 saturated heterocycles. The summed E-state index contributed by atoms with van der Waals surface area (Å²) in [6.07, 6.45) is 0. The summed E-state index contributed by atoms with van der Waals surface area (Å²) in [5, 5.41) is 3.24. The Morgan fingerprint density at radius 1 is 1.33 bits per heavy atom. The zero-order valence-electron chi connectivity index (χ0n) is 12.5. The molecule has 0 spiro atoms. The number of hydrogen-bond acceptors (Lipinski definition) is 3. The minimum absolute atomic E-state index is 0.234. The van der Waals surface area contributed by atoms with Gasteiger partial charge in [0.15, 0.2) is 0 Å². The lowest BCUT2D eigenvalue weighted by Crippen LogP contribution is -2.21. The average molecular weight is 289 g/mol. The van der Waals surface area contributed by atoms with E-state index in [0.29, 0.717) is 35.1 Å². The zero-order chi connectivity index (χ0) is 15.4. The van der Waals surface area contributed by atoms with Crippen molar-refractivity contribution in [3.05, 3.63) is 51.7 Å². The predicted octanol–water partition coefficient (Wildman–Crippen LogP) is 2.63. The average Bonchev–Trinajstić information content (AvgIpc) is 2.41. The van der Waals surface area contributed by atoms with Gasteiger partial charge in [0.2, 0.25) is 0 Å². The van der Waals surface area contributed by atoms with Crippen molar-refractivity contribution < 1.29 is 4.39 Å². The van der Waals surface area contributed by atoms with Gasteiger partial charge in [0.25, 0.3) is 5.56 Å². The van der Waals surface area contributed by atoms with E-state index in [-0.39, 0.29) is 11.4 Å². The van der Waals surface area contributed by atoms with E-state index in [1.807, 2.05) is 0 Å². The van der Waals surface area contributed by atoms with Gasteiger partial charge in [-0.25, -0.2) is 9.37 Å². The quantitative estimate of drug-likeness (QED) is 0.889. The Morgan fingerprint density at radius 2 is 2.10 bits per heavy atom. The third-order valence-corrected chi connectivity index (χ3v) is 3.10. The molecule has 0 atom stereocenters. The molecule has 2 rings (SSSR count). The minimum Gasteiger partial charge on any atom is -0.311 e. The summed E-state index contributed by atoms with van der Waals surface area (Å²) in [5.41, 5.74) is 1.55. The second kappa shape index (κ2) is 6.63. The van der Waals surface area contributed by atoms with Gasteiger partial charge in [-0.2, -0.15) is 0 Å². The zero-order valence-corrected chi connectivity index (χ0v) is 12.5. The highest BCUT2D eigenvalue weighted by molar-refractivity contribution is 5.55. The van der Waals surface area contributed by atoms with E-state index in [1.165, 1.54) is 12.1 Å². The molecule has 1 aromatic heterocycles. The van der Waals surface area contributed by atoms with E-state index in [1.54, 1.807) is 19.1 Å². The molecule has 0 amide bonds. The van der Waals surface area contributed by atoms with Crippen LogP contribution in [-0.4, -0.2) is 16.5 Å². The summed E-state index contributed by atoms with van der Waals surface area (Å²) in [4.78, 5) is 18.8. The van der Waals surface area contributed by atoms with E-state index in [0.717, 1.165) is 6.54 Å². The maximum Gasteiger partial charge on any atom is 0.251 e. The van der Waals surface area contributed by atoms with Gasteiger partial charge in [0.1, 0.15) is 11.6 Å². The van der Waals surface area contributed by atoms with Gasteiger partial charge >= 0.3 is 0 Å². The number of H-pyrrole nitrogens is 1. The van der Waals surface area contributed by atoms with Gasteiger partial charge in [0.05, 0.1) is 5.69 Å². The Kier molecular flexibility index (Phi) is 4.85. The van der Waals surface area contributed by atoms with Crippen molar-refractivity contribution in [2.24, 2.45) is 5.92 Å². The fourth-order valence-electron chi connectivity index (χ4n) is 1.96. The van der Waals surface area contributed by atoms with Gasteiger partial charge in [0, 0.05) is 18.2 Å². The lowest BCUT2D eigenvalue weighted by molar-refractivity contribution is 0.548. The number of nitrogens with zero attached hydrogens (tertiary/aromatic N) is 1. The Bertz CT molecular complexity index is 679. The van der Waals surface area contributed by atoms with Crippen LogP contribution in [0.15, 0.2) is 29.1 Å². The molecule has 1 heterocycles. The summed E-state index contributed by atoms with van der Waals surface area (Å²) in [6.45, 7) is 7.28. The maximum absolute atomic E-state index is 13.6. The summed E-state index contributed by atoms with van der Waals surface area (Å²) in [6, 6.07) is 6.27. The van der Waals surface area contributed by atoms with Crippen molar-refractivity contribution in [1.29, 1.82) is 0 Å². The molecule has 0 aliphatic heterocycles. The van der Waals surface area contributed by atoms with Gasteiger partial charge in [-0.3, -0.25) is 4.79 Å². The molecule has 0 bridgehead atoms. The Morgan fingerprint density at radius 3 is 2.76 bits per heavy atom. The van der Waals surface area contributed by atoms with Crippen LogP contribution in [0.1, 0.15) is 25.1 Å². The van der Waals surface area contributed by atoms with Crippen molar-refractivity contribution in [3.63, 3.8) is 0 Å². The molecule has 0 saturated carbocycles. The van der Waals surface area contributed by atoms with E-state index in [2.05, 4.69) is 29.1 Å². The highest BCUT2D eigenvalue weighted by Gasteiger charge is 2.07. The van der Waals surface area contributed by atoms with Crippen LogP contribution >= 0.6 is 0 Å². The molecule has 0 radical (unpaired) electrons. The fraction of sp³-hybridized carbons (Fsp3) is 0.375. The van der Waals surface area contributed by atoms with Crippen molar-refractivity contribution in [3.8, 4) is 11.4 Å². The minimum atomic E-state index is -0.307. The Labute approximate surface area is 123 Å². The van der Waals surface area contributed by atoms with E-state index in [9.17, 15) is 9.18 Å². The molecule has 5 heteroatoms. The van der Waals surface area contributed by atoms with Crippen LogP contribution in [0.3, 0.4) is 0 Å². The number of nitrogens with one attached hydrogen (secondary N) is 2.